The Morgan fingerprint density at radius 1 is 1.00 bits per heavy atom. The van der Waals surface area contributed by atoms with Crippen molar-refractivity contribution in [2.45, 2.75) is 18.7 Å². The van der Waals surface area contributed by atoms with Gasteiger partial charge in [0.05, 0.1) is 12.0 Å². The van der Waals surface area contributed by atoms with Gasteiger partial charge in [0.2, 0.25) is 15.9 Å². The monoisotopic (exact) mass is 443 g/mol. The van der Waals surface area contributed by atoms with Gasteiger partial charge in [0.25, 0.3) is 0 Å². The molecule has 31 heavy (non-hydrogen) atoms. The van der Waals surface area contributed by atoms with Gasteiger partial charge >= 0.3 is 0 Å². The highest BCUT2D eigenvalue weighted by atomic mass is 32.2. The van der Waals surface area contributed by atoms with Crippen molar-refractivity contribution in [3.05, 3.63) is 54.9 Å². The molecule has 0 spiro atoms. The topological polar surface area (TPSA) is 120 Å². The van der Waals surface area contributed by atoms with Gasteiger partial charge in [0.1, 0.15) is 12.0 Å². The van der Waals surface area contributed by atoms with E-state index in [0.717, 1.165) is 0 Å². The molecule has 3 aromatic rings. The fraction of sp³-hybridized carbons (Fsp3) is 0.238. The Labute approximate surface area is 181 Å². The average molecular weight is 444 g/mol. The molecule has 9 nitrogen and oxygen atoms in total. The number of aromatic nitrogens is 2. The predicted molar refractivity (Wildman–Crippen MR) is 119 cm³/mol. The number of methoxy groups -OCH3 is 1. The quantitative estimate of drug-likeness (QED) is 0.514. The normalized spacial score (nSPS) is 11.4. The third-order valence-corrected chi connectivity index (χ3v) is 6.65. The van der Waals surface area contributed by atoms with Gasteiger partial charge in [0.15, 0.2) is 17.3 Å². The predicted octanol–water partition coefficient (Wildman–Crippen LogP) is 3.63. The van der Waals surface area contributed by atoms with Crippen molar-refractivity contribution in [1.82, 2.24) is 14.3 Å². The van der Waals surface area contributed by atoms with Crippen LogP contribution in [0.1, 0.15) is 13.8 Å². The Balaban J connectivity index is 1.81. The number of nitrogens with two attached hydrogens (primary N) is 1. The van der Waals surface area contributed by atoms with Crippen LogP contribution < -0.4 is 20.5 Å². The van der Waals surface area contributed by atoms with Crippen LogP contribution in [0.15, 0.2) is 59.8 Å². The molecular weight excluding hydrogens is 418 g/mol. The summed E-state index contributed by atoms with van der Waals surface area (Å²) >= 11 is 0. The minimum Gasteiger partial charge on any atom is -0.493 e. The first kappa shape index (κ1) is 22.3. The lowest BCUT2D eigenvalue weighted by Gasteiger charge is -2.18. The summed E-state index contributed by atoms with van der Waals surface area (Å²) in [5.41, 5.74) is 7.01. The Bertz CT molecular complexity index is 1130. The molecule has 0 fully saturated rings. The summed E-state index contributed by atoms with van der Waals surface area (Å²) in [6, 6.07) is 13.5. The van der Waals surface area contributed by atoms with Crippen molar-refractivity contribution in [1.29, 1.82) is 0 Å². The number of benzene rings is 2. The average Bonchev–Trinajstić information content (AvgIpc) is 2.78. The van der Waals surface area contributed by atoms with Crippen LogP contribution in [0.2, 0.25) is 0 Å². The van der Waals surface area contributed by atoms with E-state index in [1.807, 2.05) is 12.1 Å². The summed E-state index contributed by atoms with van der Waals surface area (Å²) in [4.78, 5) is 8.48. The summed E-state index contributed by atoms with van der Waals surface area (Å²) in [5, 5.41) is 3.07. The number of hydrogen-bond acceptors (Lipinski definition) is 8. The highest BCUT2D eigenvalue weighted by molar-refractivity contribution is 7.89. The number of anilines is 3. The summed E-state index contributed by atoms with van der Waals surface area (Å²) < 4.78 is 37.7. The fourth-order valence-corrected chi connectivity index (χ4v) is 4.39. The van der Waals surface area contributed by atoms with Crippen molar-refractivity contribution < 1.29 is 17.9 Å². The third kappa shape index (κ3) is 4.86. The minimum absolute atomic E-state index is 0.169. The number of nitrogens with one attached hydrogen (secondary N) is 1. The Hall–Kier alpha value is -3.37. The lowest BCUT2D eigenvalue weighted by molar-refractivity contribution is 0.374. The maximum Gasteiger partial charge on any atom is 0.248 e. The molecule has 0 radical (unpaired) electrons. The Kier molecular flexibility index (Phi) is 6.93. The van der Waals surface area contributed by atoms with E-state index in [0.29, 0.717) is 36.1 Å². The van der Waals surface area contributed by atoms with Gasteiger partial charge in [-0.15, -0.1) is 0 Å². The van der Waals surface area contributed by atoms with Crippen LogP contribution in [0.5, 0.6) is 17.4 Å². The second-order valence-corrected chi connectivity index (χ2v) is 8.37. The number of nitrogen functional groups attached to an aromatic ring is 1. The van der Waals surface area contributed by atoms with Gasteiger partial charge in [-0.2, -0.15) is 9.29 Å². The molecule has 0 aliphatic heterocycles. The van der Waals surface area contributed by atoms with Gasteiger partial charge in [0, 0.05) is 18.8 Å². The van der Waals surface area contributed by atoms with Gasteiger partial charge in [-0.25, -0.2) is 13.4 Å². The van der Waals surface area contributed by atoms with Crippen molar-refractivity contribution in [2.24, 2.45) is 0 Å². The zero-order valence-corrected chi connectivity index (χ0v) is 18.4. The molecule has 3 rings (SSSR count). The lowest BCUT2D eigenvalue weighted by atomic mass is 10.3. The molecule has 0 aliphatic rings. The first-order valence-electron chi connectivity index (χ1n) is 9.69. The number of sulfonamides is 1. The highest BCUT2D eigenvalue weighted by Gasteiger charge is 2.21. The molecule has 2 aromatic carbocycles. The van der Waals surface area contributed by atoms with Gasteiger partial charge in [-0.1, -0.05) is 26.0 Å². The van der Waals surface area contributed by atoms with Gasteiger partial charge in [-0.05, 0) is 36.4 Å². The van der Waals surface area contributed by atoms with Crippen molar-refractivity contribution in [3.8, 4) is 17.4 Å². The fourth-order valence-electron chi connectivity index (χ4n) is 2.93. The van der Waals surface area contributed by atoms with E-state index in [1.165, 1.54) is 10.6 Å². The summed E-state index contributed by atoms with van der Waals surface area (Å²) in [7, 11) is -1.98. The van der Waals surface area contributed by atoms with E-state index in [-0.39, 0.29) is 16.5 Å². The number of nitrogens with zero attached hydrogens (tertiary/aromatic N) is 3. The second-order valence-electron chi connectivity index (χ2n) is 6.43. The van der Waals surface area contributed by atoms with Crippen molar-refractivity contribution >= 4 is 27.2 Å². The molecule has 0 atom stereocenters. The molecule has 10 heteroatoms. The first-order chi connectivity index (χ1) is 14.9. The lowest BCUT2D eigenvalue weighted by Crippen LogP contribution is -2.30. The minimum atomic E-state index is -3.52. The first-order valence-corrected chi connectivity index (χ1v) is 11.1. The summed E-state index contributed by atoms with van der Waals surface area (Å²) in [5.74, 6) is 1.51. The molecule has 0 unspecified atom stereocenters. The molecule has 1 aromatic heterocycles. The summed E-state index contributed by atoms with van der Waals surface area (Å²) in [6.07, 6.45) is 1.32. The van der Waals surface area contributed by atoms with E-state index in [9.17, 15) is 8.42 Å². The number of ether oxygens (including phenoxy) is 2. The van der Waals surface area contributed by atoms with Crippen LogP contribution >= 0.6 is 0 Å². The third-order valence-electron chi connectivity index (χ3n) is 4.58. The largest absolute Gasteiger partial charge is 0.493 e. The van der Waals surface area contributed by atoms with Gasteiger partial charge in [-0.3, -0.25) is 0 Å². The molecule has 0 amide bonds. The van der Waals surface area contributed by atoms with E-state index in [2.05, 4.69) is 15.3 Å². The number of hydrogen-bond donors (Lipinski definition) is 2. The molecule has 0 bridgehead atoms. The zero-order valence-electron chi connectivity index (χ0n) is 17.6. The maximum absolute atomic E-state index is 12.6. The molecule has 0 saturated carbocycles. The summed E-state index contributed by atoms with van der Waals surface area (Å²) in [6.45, 7) is 4.43. The molecule has 164 valence electrons. The smallest absolute Gasteiger partial charge is 0.248 e. The number of para-hydroxylation sites is 2. The van der Waals surface area contributed by atoms with E-state index < -0.39 is 10.0 Å². The van der Waals surface area contributed by atoms with Crippen molar-refractivity contribution in [3.63, 3.8) is 0 Å². The van der Waals surface area contributed by atoms with Crippen LogP contribution in [0, 0.1) is 0 Å². The Morgan fingerprint density at radius 2 is 1.65 bits per heavy atom. The van der Waals surface area contributed by atoms with E-state index in [4.69, 9.17) is 15.2 Å². The van der Waals surface area contributed by atoms with Crippen LogP contribution in [-0.4, -0.2) is 42.9 Å². The molecule has 3 N–H and O–H groups in total. The van der Waals surface area contributed by atoms with Crippen LogP contribution in [0.3, 0.4) is 0 Å². The van der Waals surface area contributed by atoms with Gasteiger partial charge < -0.3 is 20.5 Å². The zero-order chi connectivity index (χ0) is 22.4. The Morgan fingerprint density at radius 3 is 2.26 bits per heavy atom. The SMILES string of the molecule is CCN(CC)S(=O)(=O)c1ccc(Nc2ncnc(Oc3ccccc3OC)c2N)cc1. The number of rotatable bonds is 9. The van der Waals surface area contributed by atoms with Crippen molar-refractivity contribution in [2.75, 3.05) is 31.2 Å². The standard InChI is InChI=1S/C21H25N5O4S/c1-4-26(5-2)31(27,28)16-12-10-15(11-13-16)25-20-19(22)21(24-14-23-20)30-18-9-7-6-8-17(18)29-3/h6-14H,4-5,22H2,1-3H3,(H,23,24,25). The van der Waals surface area contributed by atoms with E-state index >= 15 is 0 Å². The van der Waals surface area contributed by atoms with E-state index in [1.54, 1.807) is 57.4 Å². The molecule has 0 aliphatic carbocycles. The molecule has 0 saturated heterocycles. The maximum atomic E-state index is 12.6. The van der Waals surface area contributed by atoms with Crippen LogP contribution in [-0.2, 0) is 10.0 Å². The second kappa shape index (κ2) is 9.63. The highest BCUT2D eigenvalue weighted by Crippen LogP contribution is 2.35. The molecular formula is C21H25N5O4S. The van der Waals surface area contributed by atoms with Crippen LogP contribution in [0.25, 0.3) is 0 Å². The van der Waals surface area contributed by atoms with Crippen LogP contribution in [0.4, 0.5) is 17.2 Å². The molecule has 1 heterocycles.